The molecule has 0 spiro atoms. The second-order valence-corrected chi connectivity index (χ2v) is 6.39. The van der Waals surface area contributed by atoms with Crippen LogP contribution >= 0.6 is 11.8 Å². The van der Waals surface area contributed by atoms with Gasteiger partial charge in [0.05, 0.1) is 0 Å². The van der Waals surface area contributed by atoms with Crippen molar-refractivity contribution in [2.75, 3.05) is 5.75 Å². The number of aromatic nitrogens is 1. The van der Waals surface area contributed by atoms with Crippen LogP contribution in [-0.2, 0) is 16.1 Å². The largest absolute Gasteiger partial charge is 0.480 e. The summed E-state index contributed by atoms with van der Waals surface area (Å²) in [6.45, 7) is 0.104. The number of rotatable bonds is 4. The summed E-state index contributed by atoms with van der Waals surface area (Å²) in [6, 6.07) is 12.0. The standard InChI is InChI=1S/C17H16N2O4S/c20-16(21)14-11-24-15(13-7-4-8-18-9-13)19(14)17(22)23-10-12-5-2-1-3-6-12/h1-9,14-15H,10-11H2,(H,20,21). The zero-order valence-electron chi connectivity index (χ0n) is 12.7. The third-order valence-electron chi connectivity index (χ3n) is 3.67. The number of carboxylic acids is 1. The minimum Gasteiger partial charge on any atom is -0.480 e. The Morgan fingerprint density at radius 1 is 1.25 bits per heavy atom. The average molecular weight is 344 g/mol. The van der Waals surface area contributed by atoms with Gasteiger partial charge in [0, 0.05) is 23.7 Å². The van der Waals surface area contributed by atoms with Crippen LogP contribution in [0.15, 0.2) is 54.9 Å². The van der Waals surface area contributed by atoms with Crippen molar-refractivity contribution in [3.63, 3.8) is 0 Å². The molecular formula is C17H16N2O4S. The van der Waals surface area contributed by atoms with Gasteiger partial charge in [-0.2, -0.15) is 0 Å². The van der Waals surface area contributed by atoms with Gasteiger partial charge in [0.1, 0.15) is 18.0 Å². The fourth-order valence-corrected chi connectivity index (χ4v) is 3.89. The second kappa shape index (κ2) is 7.35. The highest BCUT2D eigenvalue weighted by molar-refractivity contribution is 7.99. The van der Waals surface area contributed by atoms with Crippen molar-refractivity contribution in [2.24, 2.45) is 0 Å². The predicted molar refractivity (Wildman–Crippen MR) is 89.3 cm³/mol. The topological polar surface area (TPSA) is 79.7 Å². The van der Waals surface area contributed by atoms with E-state index in [1.807, 2.05) is 36.4 Å². The smallest absolute Gasteiger partial charge is 0.412 e. The van der Waals surface area contributed by atoms with Crippen molar-refractivity contribution in [3.05, 3.63) is 66.0 Å². The van der Waals surface area contributed by atoms with Gasteiger partial charge in [-0.25, -0.2) is 9.59 Å². The number of nitrogens with zero attached hydrogens (tertiary/aromatic N) is 2. The number of hydrogen-bond acceptors (Lipinski definition) is 5. The summed E-state index contributed by atoms with van der Waals surface area (Å²) in [5.74, 6) is -0.722. The normalized spacial score (nSPS) is 19.9. The number of carbonyl (C=O) groups excluding carboxylic acids is 1. The number of hydrogen-bond donors (Lipinski definition) is 1. The van der Waals surface area contributed by atoms with E-state index in [4.69, 9.17) is 4.74 Å². The molecule has 0 aliphatic carbocycles. The van der Waals surface area contributed by atoms with Crippen LogP contribution in [0, 0.1) is 0 Å². The first-order valence-corrected chi connectivity index (χ1v) is 8.45. The Kier molecular flexibility index (Phi) is 5.00. The molecule has 1 aromatic carbocycles. The number of amides is 1. The SMILES string of the molecule is O=C(O)C1CSC(c2cccnc2)N1C(=O)OCc1ccccc1. The fraction of sp³-hybridized carbons (Fsp3) is 0.235. The number of aliphatic carboxylic acids is 1. The first-order valence-electron chi connectivity index (χ1n) is 7.40. The Hall–Kier alpha value is -2.54. The van der Waals surface area contributed by atoms with Crippen LogP contribution in [0.5, 0.6) is 0 Å². The molecule has 124 valence electrons. The molecule has 2 aromatic rings. The van der Waals surface area contributed by atoms with Crippen molar-refractivity contribution < 1.29 is 19.4 Å². The maximum absolute atomic E-state index is 12.5. The first-order chi connectivity index (χ1) is 11.7. The summed E-state index contributed by atoms with van der Waals surface area (Å²) in [4.78, 5) is 29.3. The minimum absolute atomic E-state index is 0.104. The van der Waals surface area contributed by atoms with Gasteiger partial charge in [-0.15, -0.1) is 11.8 Å². The molecule has 2 heterocycles. The van der Waals surface area contributed by atoms with E-state index in [0.29, 0.717) is 5.75 Å². The Bertz CT molecular complexity index is 711. The molecule has 0 radical (unpaired) electrons. The molecule has 1 aliphatic heterocycles. The van der Waals surface area contributed by atoms with Gasteiger partial charge in [0.2, 0.25) is 0 Å². The summed E-state index contributed by atoms with van der Waals surface area (Å²) in [5, 5.41) is 8.99. The zero-order chi connectivity index (χ0) is 16.9. The lowest BCUT2D eigenvalue weighted by Crippen LogP contribution is -2.43. The predicted octanol–water partition coefficient (Wildman–Crippen LogP) is 2.92. The molecule has 1 N–H and O–H groups in total. The molecule has 2 atom stereocenters. The van der Waals surface area contributed by atoms with Gasteiger partial charge in [-0.05, 0) is 11.6 Å². The van der Waals surface area contributed by atoms with E-state index in [1.54, 1.807) is 18.5 Å². The third-order valence-corrected chi connectivity index (χ3v) is 4.99. The van der Waals surface area contributed by atoms with E-state index >= 15 is 0 Å². The van der Waals surface area contributed by atoms with Crippen molar-refractivity contribution in [2.45, 2.75) is 18.0 Å². The van der Waals surface area contributed by atoms with Crippen molar-refractivity contribution in [3.8, 4) is 0 Å². The summed E-state index contributed by atoms with van der Waals surface area (Å²) >= 11 is 1.39. The van der Waals surface area contributed by atoms with Crippen LogP contribution in [0.4, 0.5) is 4.79 Å². The van der Waals surface area contributed by atoms with Gasteiger partial charge < -0.3 is 9.84 Å². The highest BCUT2D eigenvalue weighted by atomic mass is 32.2. The summed E-state index contributed by atoms with van der Waals surface area (Å²) in [6.07, 6.45) is 2.64. The van der Waals surface area contributed by atoms with Crippen LogP contribution in [0.25, 0.3) is 0 Å². The van der Waals surface area contributed by atoms with Crippen LogP contribution in [0.1, 0.15) is 16.5 Å². The van der Waals surface area contributed by atoms with Gasteiger partial charge in [-0.1, -0.05) is 36.4 Å². The fourth-order valence-electron chi connectivity index (χ4n) is 2.49. The lowest BCUT2D eigenvalue weighted by Gasteiger charge is -2.26. The molecule has 0 bridgehead atoms. The van der Waals surface area contributed by atoms with E-state index < -0.39 is 23.5 Å². The van der Waals surface area contributed by atoms with Crippen LogP contribution in [0.2, 0.25) is 0 Å². The second-order valence-electron chi connectivity index (χ2n) is 5.27. The van der Waals surface area contributed by atoms with Crippen molar-refractivity contribution in [1.29, 1.82) is 0 Å². The molecule has 3 rings (SSSR count). The van der Waals surface area contributed by atoms with Crippen molar-refractivity contribution in [1.82, 2.24) is 9.88 Å². The molecule has 0 saturated carbocycles. The molecule has 7 heteroatoms. The summed E-state index contributed by atoms with van der Waals surface area (Å²) in [7, 11) is 0. The summed E-state index contributed by atoms with van der Waals surface area (Å²) in [5.41, 5.74) is 1.63. The van der Waals surface area contributed by atoms with Gasteiger partial charge in [0.15, 0.2) is 0 Å². The Morgan fingerprint density at radius 2 is 2.04 bits per heavy atom. The number of carboxylic acid groups (broad SMARTS) is 1. The number of benzene rings is 1. The quantitative estimate of drug-likeness (QED) is 0.919. The highest BCUT2D eigenvalue weighted by Crippen LogP contribution is 2.41. The Morgan fingerprint density at radius 3 is 2.71 bits per heavy atom. The monoisotopic (exact) mass is 344 g/mol. The lowest BCUT2D eigenvalue weighted by atomic mass is 10.2. The molecule has 1 aliphatic rings. The van der Waals surface area contributed by atoms with Crippen LogP contribution in [0.3, 0.4) is 0 Å². The Balaban J connectivity index is 1.77. The molecule has 24 heavy (non-hydrogen) atoms. The zero-order valence-corrected chi connectivity index (χ0v) is 13.6. The van der Waals surface area contributed by atoms with Gasteiger partial charge in [-0.3, -0.25) is 9.88 Å². The summed E-state index contributed by atoms with van der Waals surface area (Å²) < 4.78 is 5.33. The molecule has 1 saturated heterocycles. The van der Waals surface area contributed by atoms with E-state index in [9.17, 15) is 14.7 Å². The number of pyridine rings is 1. The van der Waals surface area contributed by atoms with E-state index in [2.05, 4.69) is 4.98 Å². The molecule has 2 unspecified atom stereocenters. The minimum atomic E-state index is -1.04. The number of carbonyl (C=O) groups is 2. The third kappa shape index (κ3) is 3.51. The first kappa shape index (κ1) is 16.3. The highest BCUT2D eigenvalue weighted by Gasteiger charge is 2.43. The molecular weight excluding hydrogens is 328 g/mol. The average Bonchev–Trinajstić information content (AvgIpc) is 3.07. The molecule has 1 fully saturated rings. The lowest BCUT2D eigenvalue weighted by molar-refractivity contribution is -0.141. The maximum atomic E-state index is 12.5. The number of ether oxygens (including phenoxy) is 1. The molecule has 1 amide bonds. The maximum Gasteiger partial charge on any atom is 0.412 e. The van der Waals surface area contributed by atoms with Crippen LogP contribution in [-0.4, -0.2) is 38.8 Å². The van der Waals surface area contributed by atoms with Gasteiger partial charge in [0.25, 0.3) is 0 Å². The van der Waals surface area contributed by atoms with Crippen LogP contribution < -0.4 is 0 Å². The van der Waals surface area contributed by atoms with Crippen molar-refractivity contribution >= 4 is 23.8 Å². The van der Waals surface area contributed by atoms with E-state index in [1.165, 1.54) is 16.7 Å². The van der Waals surface area contributed by atoms with E-state index in [0.717, 1.165) is 11.1 Å². The molecule has 6 nitrogen and oxygen atoms in total. The van der Waals surface area contributed by atoms with E-state index in [-0.39, 0.29) is 6.61 Å². The number of thioether (sulfide) groups is 1. The molecule has 1 aromatic heterocycles. The van der Waals surface area contributed by atoms with Gasteiger partial charge >= 0.3 is 12.1 Å². The Labute approximate surface area is 143 Å².